The van der Waals surface area contributed by atoms with Crippen molar-refractivity contribution in [3.63, 3.8) is 0 Å². The highest BCUT2D eigenvalue weighted by molar-refractivity contribution is 6.34. The highest BCUT2D eigenvalue weighted by Crippen LogP contribution is 2.29. The molecule has 0 atom stereocenters. The Labute approximate surface area is 179 Å². The summed E-state index contributed by atoms with van der Waals surface area (Å²) < 4.78 is 5.12. The summed E-state index contributed by atoms with van der Waals surface area (Å²) in [6, 6.07) is 18.2. The van der Waals surface area contributed by atoms with Crippen LogP contribution in [0.15, 0.2) is 66.7 Å². The lowest BCUT2D eigenvalue weighted by Crippen LogP contribution is -2.29. The molecule has 154 valence electrons. The number of carbonyl (C=O) groups is 4. The molecule has 0 saturated heterocycles. The van der Waals surface area contributed by atoms with E-state index in [-0.39, 0.29) is 22.5 Å². The molecular weight excluding hydrogens is 394 g/mol. The molecule has 0 aromatic heterocycles. The van der Waals surface area contributed by atoms with Crippen molar-refractivity contribution in [1.29, 1.82) is 0 Å². The molecule has 0 bridgehead atoms. The number of aryl methyl sites for hydroxylation is 2. The zero-order valence-electron chi connectivity index (χ0n) is 17.0. The van der Waals surface area contributed by atoms with Crippen molar-refractivity contribution in [1.82, 2.24) is 0 Å². The molecule has 0 radical (unpaired) electrons. The Morgan fingerprint density at radius 2 is 1.29 bits per heavy atom. The van der Waals surface area contributed by atoms with Crippen LogP contribution in [-0.4, -0.2) is 30.2 Å². The summed E-state index contributed by atoms with van der Waals surface area (Å²) in [7, 11) is 0. The van der Waals surface area contributed by atoms with Gasteiger partial charge in [0.2, 0.25) is 0 Å². The molecule has 1 aliphatic heterocycles. The molecule has 0 spiro atoms. The molecule has 1 aliphatic rings. The van der Waals surface area contributed by atoms with Gasteiger partial charge in [0, 0.05) is 5.56 Å². The van der Waals surface area contributed by atoms with Gasteiger partial charge in [-0.15, -0.1) is 0 Å². The highest BCUT2D eigenvalue weighted by Gasteiger charge is 2.37. The number of hydrogen-bond acceptors (Lipinski definition) is 5. The molecule has 0 saturated carbocycles. The average Bonchev–Trinajstić information content (AvgIpc) is 3.02. The lowest BCUT2D eigenvalue weighted by atomic mass is 10.1. The van der Waals surface area contributed by atoms with Gasteiger partial charge in [-0.3, -0.25) is 14.4 Å². The van der Waals surface area contributed by atoms with E-state index in [1.807, 2.05) is 26.0 Å². The number of carbonyl (C=O) groups excluding carboxylic acids is 4. The Morgan fingerprint density at radius 3 is 1.94 bits per heavy atom. The van der Waals surface area contributed by atoms with Crippen molar-refractivity contribution in [3.05, 3.63) is 100 Å². The Bertz CT molecular complexity index is 1210. The predicted octanol–water partition coefficient (Wildman–Crippen LogP) is 4.14. The van der Waals surface area contributed by atoms with Crippen LogP contribution >= 0.6 is 0 Å². The number of anilines is 1. The van der Waals surface area contributed by atoms with Crippen molar-refractivity contribution in [3.8, 4) is 0 Å². The fraction of sp³-hybridized carbons (Fsp3) is 0.120. The highest BCUT2D eigenvalue weighted by atomic mass is 16.5. The molecule has 0 aliphatic carbocycles. The number of imide groups is 1. The van der Waals surface area contributed by atoms with E-state index >= 15 is 0 Å². The quantitative estimate of drug-likeness (QED) is 0.357. The number of ether oxygens (including phenoxy) is 1. The van der Waals surface area contributed by atoms with Crippen LogP contribution in [0.25, 0.3) is 0 Å². The molecule has 4 rings (SSSR count). The molecule has 3 aromatic rings. The zero-order valence-corrected chi connectivity index (χ0v) is 17.0. The van der Waals surface area contributed by atoms with Crippen LogP contribution in [0.3, 0.4) is 0 Å². The minimum atomic E-state index is -0.739. The largest absolute Gasteiger partial charge is 0.454 e. The lowest BCUT2D eigenvalue weighted by Gasteiger charge is -2.13. The van der Waals surface area contributed by atoms with Crippen LogP contribution in [0.2, 0.25) is 0 Å². The van der Waals surface area contributed by atoms with Crippen molar-refractivity contribution >= 4 is 29.3 Å². The number of Topliss-reactive ketones (excluding diaryl/α,β-unsaturated/α-hetero) is 1. The second-order valence-corrected chi connectivity index (χ2v) is 7.41. The zero-order chi connectivity index (χ0) is 22.1. The Morgan fingerprint density at radius 1 is 0.742 bits per heavy atom. The van der Waals surface area contributed by atoms with Gasteiger partial charge in [0.25, 0.3) is 11.8 Å². The molecular formula is C25H19NO5. The summed E-state index contributed by atoms with van der Waals surface area (Å²) in [5, 5.41) is 0. The van der Waals surface area contributed by atoms with Crippen LogP contribution in [0.5, 0.6) is 0 Å². The van der Waals surface area contributed by atoms with Gasteiger partial charge in [-0.2, -0.15) is 0 Å². The van der Waals surface area contributed by atoms with Gasteiger partial charge in [-0.05, 0) is 44.2 Å². The van der Waals surface area contributed by atoms with Crippen LogP contribution in [0.4, 0.5) is 5.69 Å². The van der Waals surface area contributed by atoms with Crippen molar-refractivity contribution in [2.24, 2.45) is 0 Å². The Hall–Kier alpha value is -4.06. The predicted molar refractivity (Wildman–Crippen MR) is 115 cm³/mol. The normalized spacial score (nSPS) is 12.6. The van der Waals surface area contributed by atoms with E-state index in [1.165, 1.54) is 18.2 Å². The summed E-state index contributed by atoms with van der Waals surface area (Å²) in [5.41, 5.74) is 3.38. The van der Waals surface area contributed by atoms with E-state index in [4.69, 9.17) is 4.74 Å². The lowest BCUT2D eigenvalue weighted by molar-refractivity contribution is 0.0474. The monoisotopic (exact) mass is 413 g/mol. The topological polar surface area (TPSA) is 80.8 Å². The molecule has 1 heterocycles. The summed E-state index contributed by atoms with van der Waals surface area (Å²) in [6.07, 6.45) is 0. The van der Waals surface area contributed by atoms with Crippen LogP contribution in [-0.2, 0) is 4.74 Å². The first-order valence-corrected chi connectivity index (χ1v) is 9.71. The molecule has 3 aromatic carbocycles. The third-order valence-corrected chi connectivity index (χ3v) is 5.12. The Balaban J connectivity index is 1.50. The number of ketones is 1. The van der Waals surface area contributed by atoms with Gasteiger partial charge in [0.1, 0.15) is 0 Å². The number of fused-ring (bicyclic) bond motifs is 1. The smallest absolute Gasteiger partial charge is 0.338 e. The average molecular weight is 413 g/mol. The third kappa shape index (κ3) is 3.88. The summed E-state index contributed by atoms with van der Waals surface area (Å²) >= 11 is 0. The molecule has 6 heteroatoms. The van der Waals surface area contributed by atoms with E-state index in [2.05, 4.69) is 0 Å². The molecule has 31 heavy (non-hydrogen) atoms. The summed E-state index contributed by atoms with van der Waals surface area (Å²) in [5.74, 6) is -2.02. The van der Waals surface area contributed by atoms with E-state index < -0.39 is 24.4 Å². The molecule has 6 nitrogen and oxygen atoms in total. The number of nitrogens with zero attached hydrogens (tertiary/aromatic N) is 1. The maximum Gasteiger partial charge on any atom is 0.338 e. The first kappa shape index (κ1) is 20.2. The van der Waals surface area contributed by atoms with Crippen LogP contribution in [0.1, 0.15) is 52.6 Å². The van der Waals surface area contributed by atoms with Gasteiger partial charge in [-0.25, -0.2) is 9.69 Å². The van der Waals surface area contributed by atoms with Gasteiger partial charge in [0.15, 0.2) is 12.4 Å². The van der Waals surface area contributed by atoms with Crippen molar-refractivity contribution in [2.75, 3.05) is 11.5 Å². The number of rotatable bonds is 5. The van der Waals surface area contributed by atoms with Crippen LogP contribution < -0.4 is 4.90 Å². The number of amides is 2. The van der Waals surface area contributed by atoms with Crippen molar-refractivity contribution < 1.29 is 23.9 Å². The fourth-order valence-electron chi connectivity index (χ4n) is 3.33. The standard InChI is InChI=1S/C25H19NO5/c1-15-3-7-17(8-4-15)22(27)14-31-25(30)18-9-12-20-21(13-18)24(29)26(23(20)28)19-10-5-16(2)6-11-19/h3-13H,14H2,1-2H3. The SMILES string of the molecule is Cc1ccc(C(=O)COC(=O)c2ccc3c(c2)C(=O)N(c2ccc(C)cc2)C3=O)cc1. The van der Waals surface area contributed by atoms with Crippen molar-refractivity contribution in [2.45, 2.75) is 13.8 Å². The maximum atomic E-state index is 12.8. The first-order valence-electron chi connectivity index (χ1n) is 9.71. The first-order chi connectivity index (χ1) is 14.8. The van der Waals surface area contributed by atoms with E-state index in [1.54, 1.807) is 36.4 Å². The van der Waals surface area contributed by atoms with Gasteiger partial charge in [0.05, 0.1) is 22.4 Å². The molecule has 0 fully saturated rings. The number of hydrogen-bond donors (Lipinski definition) is 0. The minimum Gasteiger partial charge on any atom is -0.454 e. The fourth-order valence-corrected chi connectivity index (χ4v) is 3.33. The maximum absolute atomic E-state index is 12.8. The van der Waals surface area contributed by atoms with E-state index in [0.717, 1.165) is 16.0 Å². The van der Waals surface area contributed by atoms with Gasteiger partial charge in [-0.1, -0.05) is 47.5 Å². The second-order valence-electron chi connectivity index (χ2n) is 7.41. The van der Waals surface area contributed by atoms with E-state index in [9.17, 15) is 19.2 Å². The number of esters is 1. The number of benzene rings is 3. The second kappa shape index (κ2) is 7.99. The van der Waals surface area contributed by atoms with Gasteiger partial charge >= 0.3 is 5.97 Å². The third-order valence-electron chi connectivity index (χ3n) is 5.12. The van der Waals surface area contributed by atoms with E-state index in [0.29, 0.717) is 11.3 Å². The summed E-state index contributed by atoms with van der Waals surface area (Å²) in [4.78, 5) is 51.3. The minimum absolute atomic E-state index is 0.0994. The molecule has 0 unspecified atom stereocenters. The Kier molecular flexibility index (Phi) is 5.21. The molecule has 2 amide bonds. The summed E-state index contributed by atoms with van der Waals surface area (Å²) in [6.45, 7) is 3.41. The molecule has 0 N–H and O–H groups in total. The van der Waals surface area contributed by atoms with Gasteiger partial charge < -0.3 is 4.74 Å². The van der Waals surface area contributed by atoms with Crippen LogP contribution in [0, 0.1) is 13.8 Å².